The first-order chi connectivity index (χ1) is 9.79. The first kappa shape index (κ1) is 16.4. The van der Waals surface area contributed by atoms with E-state index in [1.54, 1.807) is 6.92 Å². The van der Waals surface area contributed by atoms with Crippen molar-refractivity contribution in [1.29, 1.82) is 0 Å². The molecule has 3 atom stereocenters. The van der Waals surface area contributed by atoms with Crippen molar-refractivity contribution in [3.8, 4) is 0 Å². The summed E-state index contributed by atoms with van der Waals surface area (Å²) < 4.78 is 28.7. The Balaban J connectivity index is 2.49. The van der Waals surface area contributed by atoms with E-state index in [0.717, 1.165) is 25.7 Å². The van der Waals surface area contributed by atoms with Gasteiger partial charge in [-0.1, -0.05) is 25.8 Å². The summed E-state index contributed by atoms with van der Waals surface area (Å²) in [7, 11) is 3.92. The van der Waals surface area contributed by atoms with Crippen LogP contribution in [0.3, 0.4) is 0 Å². The van der Waals surface area contributed by atoms with Crippen molar-refractivity contribution in [1.82, 2.24) is 4.90 Å². The summed E-state index contributed by atoms with van der Waals surface area (Å²) in [5.74, 6) is -0.518. The van der Waals surface area contributed by atoms with Crippen molar-refractivity contribution in [2.75, 3.05) is 14.1 Å². The smallest absolute Gasteiger partial charge is 0.133 e. The van der Waals surface area contributed by atoms with E-state index < -0.39 is 17.7 Å². The molecule has 0 aromatic heterocycles. The van der Waals surface area contributed by atoms with E-state index in [-0.39, 0.29) is 11.1 Å². The van der Waals surface area contributed by atoms with Gasteiger partial charge < -0.3 is 10.6 Å². The van der Waals surface area contributed by atoms with Crippen molar-refractivity contribution < 1.29 is 8.78 Å². The highest BCUT2D eigenvalue weighted by atomic mass is 19.1. The Bertz CT molecular complexity index is 516. The molecule has 4 heteroatoms. The minimum atomic E-state index is -0.657. The highest BCUT2D eigenvalue weighted by molar-refractivity contribution is 5.31. The second-order valence-corrected chi connectivity index (χ2v) is 6.77. The summed E-state index contributed by atoms with van der Waals surface area (Å²) in [4.78, 5) is 2.06. The molecule has 21 heavy (non-hydrogen) atoms. The Morgan fingerprint density at radius 2 is 2.00 bits per heavy atom. The molecule has 3 unspecified atom stereocenters. The molecule has 1 aromatic carbocycles. The van der Waals surface area contributed by atoms with Crippen LogP contribution in [0.15, 0.2) is 12.1 Å². The molecule has 0 radical (unpaired) electrons. The number of halogens is 2. The second kappa shape index (κ2) is 6.01. The zero-order valence-corrected chi connectivity index (χ0v) is 13.4. The minimum absolute atomic E-state index is 0.0396. The average molecular weight is 296 g/mol. The minimum Gasteiger partial charge on any atom is -0.322 e. The maximum Gasteiger partial charge on any atom is 0.133 e. The van der Waals surface area contributed by atoms with Crippen LogP contribution in [0.5, 0.6) is 0 Å². The topological polar surface area (TPSA) is 29.3 Å². The quantitative estimate of drug-likeness (QED) is 0.919. The third-order valence-electron chi connectivity index (χ3n) is 5.11. The molecule has 2 rings (SSSR count). The molecule has 2 N–H and O–H groups in total. The van der Waals surface area contributed by atoms with Crippen LogP contribution >= 0.6 is 0 Å². The largest absolute Gasteiger partial charge is 0.322 e. The highest BCUT2D eigenvalue weighted by Gasteiger charge is 2.44. The van der Waals surface area contributed by atoms with Gasteiger partial charge in [-0.2, -0.15) is 0 Å². The summed E-state index contributed by atoms with van der Waals surface area (Å²) in [6, 6.07) is 2.13. The molecule has 0 saturated heterocycles. The van der Waals surface area contributed by atoms with Crippen LogP contribution in [0.2, 0.25) is 0 Å². The zero-order chi connectivity index (χ0) is 15.8. The van der Waals surface area contributed by atoms with Crippen molar-refractivity contribution in [3.63, 3.8) is 0 Å². The van der Waals surface area contributed by atoms with Crippen molar-refractivity contribution in [3.05, 3.63) is 34.9 Å². The van der Waals surface area contributed by atoms with Crippen LogP contribution in [0.1, 0.15) is 49.8 Å². The molecule has 118 valence electrons. The number of likely N-dealkylation sites (N-methyl/N-ethyl adjacent to an activating group) is 1. The van der Waals surface area contributed by atoms with Crippen LogP contribution in [0, 0.1) is 24.5 Å². The lowest BCUT2D eigenvalue weighted by Crippen LogP contribution is -2.55. The molecule has 1 aliphatic rings. The Morgan fingerprint density at radius 1 is 1.33 bits per heavy atom. The molecule has 0 spiro atoms. The van der Waals surface area contributed by atoms with Gasteiger partial charge in [0.1, 0.15) is 11.6 Å². The van der Waals surface area contributed by atoms with E-state index in [1.165, 1.54) is 12.1 Å². The molecule has 1 aromatic rings. The van der Waals surface area contributed by atoms with Gasteiger partial charge >= 0.3 is 0 Å². The predicted molar refractivity (Wildman–Crippen MR) is 82.1 cm³/mol. The fourth-order valence-electron chi connectivity index (χ4n) is 3.76. The lowest BCUT2D eigenvalue weighted by Gasteiger charge is -2.49. The van der Waals surface area contributed by atoms with Gasteiger partial charge in [-0.25, -0.2) is 8.78 Å². The number of hydrogen-bond acceptors (Lipinski definition) is 2. The third-order valence-corrected chi connectivity index (χ3v) is 5.11. The molecule has 2 nitrogen and oxygen atoms in total. The summed E-state index contributed by atoms with van der Waals surface area (Å²) in [5.41, 5.74) is 6.52. The normalized spacial score (nSPS) is 27.9. The predicted octanol–water partition coefficient (Wildman–Crippen LogP) is 3.78. The van der Waals surface area contributed by atoms with Crippen LogP contribution in [-0.2, 0) is 0 Å². The van der Waals surface area contributed by atoms with Crippen LogP contribution in [0.25, 0.3) is 0 Å². The fourth-order valence-corrected chi connectivity index (χ4v) is 3.76. The van der Waals surface area contributed by atoms with Gasteiger partial charge in [-0.05, 0) is 51.4 Å². The third kappa shape index (κ3) is 2.84. The highest BCUT2D eigenvalue weighted by Crippen LogP contribution is 2.44. The molecular formula is C17H26F2N2. The van der Waals surface area contributed by atoms with Crippen molar-refractivity contribution >= 4 is 0 Å². The molecule has 0 heterocycles. The summed E-state index contributed by atoms with van der Waals surface area (Å²) in [6.07, 6.45) is 3.94. The monoisotopic (exact) mass is 296 g/mol. The molecular weight excluding hydrogens is 270 g/mol. The zero-order valence-electron chi connectivity index (χ0n) is 13.4. The number of benzene rings is 1. The first-order valence-corrected chi connectivity index (χ1v) is 7.67. The number of aryl methyl sites for hydroxylation is 1. The molecule has 0 bridgehead atoms. The standard InChI is InChI=1S/C17H26F2N2/c1-11-6-5-9-17(10-11,21(3)4)16(20)14-13(18)8-7-12(2)15(14)19/h7-8,11,16H,5-6,9-10,20H2,1-4H3. The number of nitrogens with two attached hydrogens (primary N) is 1. The van der Waals surface area contributed by atoms with E-state index >= 15 is 0 Å². The molecule has 0 amide bonds. The fraction of sp³-hybridized carbons (Fsp3) is 0.647. The van der Waals surface area contributed by atoms with Gasteiger partial charge in [0.15, 0.2) is 0 Å². The van der Waals surface area contributed by atoms with Gasteiger partial charge in [-0.3, -0.25) is 0 Å². The SMILES string of the molecule is Cc1ccc(F)c(C(N)C2(N(C)C)CCCC(C)C2)c1F. The van der Waals surface area contributed by atoms with Gasteiger partial charge in [0.2, 0.25) is 0 Å². The Kier molecular flexibility index (Phi) is 4.69. The lowest BCUT2D eigenvalue weighted by molar-refractivity contribution is 0.0476. The van der Waals surface area contributed by atoms with E-state index in [0.29, 0.717) is 11.5 Å². The average Bonchev–Trinajstić information content (AvgIpc) is 2.43. The first-order valence-electron chi connectivity index (χ1n) is 7.67. The number of hydrogen-bond donors (Lipinski definition) is 1. The van der Waals surface area contributed by atoms with Crippen molar-refractivity contribution in [2.45, 2.75) is 51.1 Å². The molecule has 1 aliphatic carbocycles. The Morgan fingerprint density at radius 3 is 2.57 bits per heavy atom. The summed E-state index contributed by atoms with van der Waals surface area (Å²) in [5, 5.41) is 0. The molecule has 1 saturated carbocycles. The van der Waals surface area contributed by atoms with E-state index in [9.17, 15) is 8.78 Å². The van der Waals surface area contributed by atoms with E-state index in [1.807, 2.05) is 14.1 Å². The molecule has 1 fully saturated rings. The van der Waals surface area contributed by atoms with Gasteiger partial charge in [0.25, 0.3) is 0 Å². The Labute approximate surface area is 126 Å². The maximum atomic E-state index is 14.5. The maximum absolute atomic E-state index is 14.5. The van der Waals surface area contributed by atoms with Crippen molar-refractivity contribution in [2.24, 2.45) is 11.7 Å². The van der Waals surface area contributed by atoms with Crippen LogP contribution in [0.4, 0.5) is 8.78 Å². The van der Waals surface area contributed by atoms with Crippen LogP contribution < -0.4 is 5.73 Å². The second-order valence-electron chi connectivity index (χ2n) is 6.77. The van der Waals surface area contributed by atoms with Gasteiger partial charge in [-0.15, -0.1) is 0 Å². The van der Waals surface area contributed by atoms with Gasteiger partial charge in [0, 0.05) is 11.1 Å². The van der Waals surface area contributed by atoms with Gasteiger partial charge in [0.05, 0.1) is 6.04 Å². The summed E-state index contributed by atoms with van der Waals surface area (Å²) >= 11 is 0. The van der Waals surface area contributed by atoms with Crippen LogP contribution in [-0.4, -0.2) is 24.5 Å². The van der Waals surface area contributed by atoms with E-state index in [4.69, 9.17) is 5.73 Å². The number of nitrogens with zero attached hydrogens (tertiary/aromatic N) is 1. The summed E-state index contributed by atoms with van der Waals surface area (Å²) in [6.45, 7) is 3.84. The lowest BCUT2D eigenvalue weighted by atomic mass is 9.69. The number of rotatable bonds is 3. The molecule has 0 aliphatic heterocycles. The Hall–Kier alpha value is -1.00. The van der Waals surface area contributed by atoms with E-state index in [2.05, 4.69) is 11.8 Å².